The molecule has 51 heavy (non-hydrogen) atoms. The molecule has 0 radical (unpaired) electrons. The van der Waals surface area contributed by atoms with Crippen molar-refractivity contribution in [1.29, 1.82) is 0 Å². The Morgan fingerprint density at radius 1 is 0.667 bits per heavy atom. The fourth-order valence-electron chi connectivity index (χ4n) is 5.01. The fourth-order valence-corrected chi connectivity index (χ4v) is 10.5. The van der Waals surface area contributed by atoms with E-state index >= 15 is 0 Å². The summed E-state index contributed by atoms with van der Waals surface area (Å²) in [4.78, 5) is 0.389. The van der Waals surface area contributed by atoms with Gasteiger partial charge in [-0.15, -0.1) is 0 Å². The summed E-state index contributed by atoms with van der Waals surface area (Å²) in [7, 11) is -9.27. The quantitative estimate of drug-likeness (QED) is 0.0749. The van der Waals surface area contributed by atoms with E-state index in [2.05, 4.69) is 134 Å². The van der Waals surface area contributed by atoms with Gasteiger partial charge in [-0.1, -0.05) is 126 Å². The molecule has 296 valence electrons. The Hall–Kier alpha value is -0.819. The first kappa shape index (κ1) is 48.2. The van der Waals surface area contributed by atoms with Crippen molar-refractivity contribution < 1.29 is 21.7 Å². The molecule has 0 amide bonds. The van der Waals surface area contributed by atoms with Crippen LogP contribution in [0.1, 0.15) is 109 Å². The lowest BCUT2D eigenvalue weighted by atomic mass is 9.92. The maximum Gasteiger partial charge on any atom is 0.192 e. The van der Waals surface area contributed by atoms with E-state index < -0.39 is 34.8 Å². The lowest BCUT2D eigenvalue weighted by Gasteiger charge is -2.45. The van der Waals surface area contributed by atoms with Gasteiger partial charge in [-0.25, -0.2) is 8.42 Å². The minimum Gasteiger partial charge on any atom is -0.417 e. The number of allylic oxidation sites excluding steroid dienone is 3. The molecule has 1 rings (SSSR count). The molecule has 0 unspecified atom stereocenters. The lowest BCUT2D eigenvalue weighted by molar-refractivity contribution is 0.0466. The average molecular weight is 781 g/mol. The van der Waals surface area contributed by atoms with Crippen LogP contribution < -0.4 is 0 Å². The first-order chi connectivity index (χ1) is 22.9. The van der Waals surface area contributed by atoms with Crippen molar-refractivity contribution in [2.75, 3.05) is 12.4 Å². The van der Waals surface area contributed by atoms with Crippen LogP contribution in [0.5, 0.6) is 0 Å². The van der Waals surface area contributed by atoms with Crippen molar-refractivity contribution in [3.63, 3.8) is 0 Å². The number of hydrogen-bond donors (Lipinski definition) is 0. The number of unbranched alkanes of at least 4 members (excludes halogenated alkanes) is 1. The molecule has 0 spiro atoms. The van der Waals surface area contributed by atoms with Gasteiger partial charge in [-0.05, 0) is 104 Å². The summed E-state index contributed by atoms with van der Waals surface area (Å²) in [6.07, 6.45) is 12.5. The third-order valence-corrected chi connectivity index (χ3v) is 27.4. The molecule has 0 saturated heterocycles. The highest BCUT2D eigenvalue weighted by Crippen LogP contribution is 2.42. The Bertz CT molecular complexity index is 1330. The number of sulfone groups is 1. The summed E-state index contributed by atoms with van der Waals surface area (Å²) in [6.45, 7) is 42.4. The molecule has 0 saturated carbocycles. The monoisotopic (exact) mass is 781 g/mol. The van der Waals surface area contributed by atoms with E-state index in [4.69, 9.17) is 13.3 Å². The van der Waals surface area contributed by atoms with E-state index in [9.17, 15) is 8.42 Å². The number of hydrogen-bond acceptors (Lipinski definition) is 5. The summed E-state index contributed by atoms with van der Waals surface area (Å²) in [6, 6.07) is 8.74. The molecule has 5 nitrogen and oxygen atoms in total. The van der Waals surface area contributed by atoms with Crippen LogP contribution in [-0.2, 0) is 23.1 Å². The van der Waals surface area contributed by atoms with Gasteiger partial charge in [0.15, 0.2) is 34.8 Å². The molecule has 0 aliphatic carbocycles. The van der Waals surface area contributed by atoms with Gasteiger partial charge in [-0.3, -0.25) is 0 Å². The maximum atomic E-state index is 12.8. The van der Waals surface area contributed by atoms with Crippen molar-refractivity contribution >= 4 is 34.8 Å². The zero-order chi connectivity index (χ0) is 39.7. The molecule has 0 aliphatic heterocycles. The van der Waals surface area contributed by atoms with Gasteiger partial charge in [0.05, 0.1) is 22.9 Å². The Morgan fingerprint density at radius 3 is 1.63 bits per heavy atom. The van der Waals surface area contributed by atoms with E-state index in [1.807, 2.05) is 19.1 Å². The van der Waals surface area contributed by atoms with Gasteiger partial charge >= 0.3 is 0 Å². The van der Waals surface area contributed by atoms with Gasteiger partial charge in [0.1, 0.15) is 0 Å². The second kappa shape index (κ2) is 19.2. The zero-order valence-corrected chi connectivity index (χ0v) is 40.1. The molecule has 0 aromatic heterocycles. The molecule has 1 aromatic carbocycles. The smallest absolute Gasteiger partial charge is 0.192 e. The van der Waals surface area contributed by atoms with Crippen LogP contribution in [-0.4, -0.2) is 57.9 Å². The lowest BCUT2D eigenvalue weighted by Crippen LogP contribution is -2.50. The number of benzene rings is 1. The second-order valence-corrected chi connectivity index (χ2v) is 36.2. The maximum absolute atomic E-state index is 12.8. The van der Waals surface area contributed by atoms with Crippen molar-refractivity contribution in [3.8, 4) is 0 Å². The minimum absolute atomic E-state index is 0.0571. The van der Waals surface area contributed by atoms with Crippen LogP contribution in [0.4, 0.5) is 0 Å². The van der Waals surface area contributed by atoms with Gasteiger partial charge < -0.3 is 13.3 Å². The van der Waals surface area contributed by atoms with Crippen molar-refractivity contribution in [3.05, 3.63) is 54.6 Å². The van der Waals surface area contributed by atoms with Crippen LogP contribution in [0, 0.1) is 17.8 Å². The SMILES string of the molecule is C[C@H](CC[C@H](O[Si](C)(C)C(C)(C)C)[C@@H](C)[C@@H](/C=C/CC/C=C/[C@@H](C)CS(=O)(=O)c1ccccc1)O[Si](C)(C)C(C)(C)C)CO[Si](C)(C)C(C)(C)C. The Balaban J connectivity index is 3.20. The van der Waals surface area contributed by atoms with Gasteiger partial charge in [0.25, 0.3) is 0 Å². The molecule has 0 heterocycles. The molecule has 0 N–H and O–H groups in total. The van der Waals surface area contributed by atoms with Crippen molar-refractivity contribution in [2.24, 2.45) is 17.8 Å². The summed E-state index contributed by atoms with van der Waals surface area (Å²) >= 11 is 0. The average Bonchev–Trinajstić information content (AvgIpc) is 2.97. The highest BCUT2D eigenvalue weighted by Gasteiger charge is 2.44. The topological polar surface area (TPSA) is 61.8 Å². The first-order valence-corrected chi connectivity index (χ1v) is 29.9. The fraction of sp³-hybridized carbons (Fsp3) is 0.762. The predicted molar refractivity (Wildman–Crippen MR) is 230 cm³/mol. The largest absolute Gasteiger partial charge is 0.417 e. The number of rotatable bonds is 20. The van der Waals surface area contributed by atoms with E-state index in [1.165, 1.54) is 0 Å². The zero-order valence-electron chi connectivity index (χ0n) is 36.3. The van der Waals surface area contributed by atoms with E-state index in [1.54, 1.807) is 24.3 Å². The summed E-state index contributed by atoms with van der Waals surface area (Å²) in [5.41, 5.74) is 0. The van der Waals surface area contributed by atoms with Gasteiger partial charge in [-0.2, -0.15) is 0 Å². The van der Waals surface area contributed by atoms with Crippen molar-refractivity contribution in [1.82, 2.24) is 0 Å². The second-order valence-electron chi connectivity index (χ2n) is 19.9. The first-order valence-electron chi connectivity index (χ1n) is 19.5. The summed E-state index contributed by atoms with van der Waals surface area (Å²) in [5.74, 6) is 0.678. The standard InChI is InChI=1S/C42H80O5SSi3/c1-34(32-45-49(13,14)40(4,5)6)30-31-39(47-51(17,18)42(10,11)12)36(3)38(46-50(15,16)41(7,8)9)29-25-20-19-22-26-35(2)33-48(43,44)37-27-23-21-24-28-37/h21-29,34-36,38-39H,19-20,30-33H2,1-18H3/b26-22+,29-25+/t34-,35-,36+,38-,39+/m1/s1. The minimum atomic E-state index is -3.31. The predicted octanol–water partition coefficient (Wildman–Crippen LogP) is 12.8. The van der Waals surface area contributed by atoms with E-state index in [0.29, 0.717) is 10.8 Å². The van der Waals surface area contributed by atoms with Crippen LogP contribution in [0.2, 0.25) is 54.4 Å². The van der Waals surface area contributed by atoms with Gasteiger partial charge in [0.2, 0.25) is 0 Å². The summed E-state index contributed by atoms with van der Waals surface area (Å²) < 4.78 is 46.8. The molecule has 0 bridgehead atoms. The highest BCUT2D eigenvalue weighted by molar-refractivity contribution is 7.91. The molecule has 5 atom stereocenters. The molecular weight excluding hydrogens is 701 g/mol. The Kier molecular flexibility index (Phi) is 18.1. The normalized spacial score (nSPS) is 17.5. The highest BCUT2D eigenvalue weighted by atomic mass is 32.2. The third-order valence-electron chi connectivity index (χ3n) is 11.9. The molecule has 0 fully saturated rings. The van der Waals surface area contributed by atoms with Gasteiger partial charge in [0, 0.05) is 12.5 Å². The van der Waals surface area contributed by atoms with Crippen LogP contribution in [0.15, 0.2) is 59.5 Å². The van der Waals surface area contributed by atoms with Crippen LogP contribution >= 0.6 is 0 Å². The van der Waals surface area contributed by atoms with E-state index in [0.717, 1.165) is 32.3 Å². The van der Waals surface area contributed by atoms with E-state index in [-0.39, 0.29) is 44.9 Å². The van der Waals surface area contributed by atoms with Crippen LogP contribution in [0.25, 0.3) is 0 Å². The Morgan fingerprint density at radius 2 is 1.14 bits per heavy atom. The van der Waals surface area contributed by atoms with Crippen molar-refractivity contribution in [2.45, 2.75) is 180 Å². The molecule has 0 aliphatic rings. The molecule has 1 aromatic rings. The Labute approximate surface area is 320 Å². The molecule has 9 heteroatoms. The molecular formula is C42H80O5SSi3. The van der Waals surface area contributed by atoms with Crippen LogP contribution in [0.3, 0.4) is 0 Å². The summed E-state index contributed by atoms with van der Waals surface area (Å²) in [5, 5.41) is 0.396. The third kappa shape index (κ3) is 15.8.